The lowest BCUT2D eigenvalue weighted by atomic mass is 10.0. The molecule has 2 aromatic rings. The average molecular weight is 304 g/mol. The maximum atomic E-state index is 12.5. The van der Waals surface area contributed by atoms with Gasteiger partial charge in [-0.05, 0) is 22.8 Å². The fourth-order valence-corrected chi connectivity index (χ4v) is 2.74. The Balaban J connectivity index is 2.16. The molecule has 0 radical (unpaired) electrons. The Hall–Kier alpha value is -1.54. The van der Waals surface area contributed by atoms with Gasteiger partial charge in [-0.2, -0.15) is 0 Å². The molecule has 0 atom stereocenters. The first-order chi connectivity index (χ1) is 10.3. The van der Waals surface area contributed by atoms with E-state index in [0.29, 0.717) is 18.8 Å². The van der Waals surface area contributed by atoms with Crippen LogP contribution in [0.3, 0.4) is 0 Å². The third-order valence-electron chi connectivity index (χ3n) is 3.71. The van der Waals surface area contributed by atoms with Crippen molar-refractivity contribution >= 4 is 28.3 Å². The number of nitrogens with zero attached hydrogens (tertiary/aromatic N) is 1. The van der Waals surface area contributed by atoms with Crippen molar-refractivity contribution < 1.29 is 4.79 Å². The molecule has 0 fully saturated rings. The monoisotopic (exact) mass is 303 g/mol. The number of hydrogen-bond donors (Lipinski definition) is 0. The Morgan fingerprint density at radius 1 is 1.10 bits per heavy atom. The molecule has 0 spiro atoms. The molecule has 2 nitrogen and oxygen atoms in total. The molecule has 0 aliphatic carbocycles. The van der Waals surface area contributed by atoms with Gasteiger partial charge in [0.25, 0.3) is 0 Å². The first-order valence-electron chi connectivity index (χ1n) is 7.56. The third-order valence-corrected chi connectivity index (χ3v) is 3.88. The molecular formula is C18H22ClNO. The van der Waals surface area contributed by atoms with Gasteiger partial charge in [0.15, 0.2) is 0 Å². The van der Waals surface area contributed by atoms with E-state index < -0.39 is 0 Å². The molecule has 2 rings (SSSR count). The molecule has 0 saturated heterocycles. The second-order valence-electron chi connectivity index (χ2n) is 5.24. The standard InChI is InChI=1S/C18H22ClNO/c1-2-3-12-20(13-11-19)18(21)14-16-9-6-8-15-7-4-5-10-17(15)16/h4-10H,2-3,11-14H2,1H3. The molecular weight excluding hydrogens is 282 g/mol. The number of unbranched alkanes of at least 4 members (excludes halogenated alkanes) is 1. The molecule has 0 aromatic heterocycles. The van der Waals surface area contributed by atoms with E-state index in [2.05, 4.69) is 25.1 Å². The zero-order valence-corrected chi connectivity index (χ0v) is 13.3. The predicted octanol–water partition coefficient (Wildman–Crippen LogP) is 4.25. The summed E-state index contributed by atoms with van der Waals surface area (Å²) in [7, 11) is 0. The molecule has 0 saturated carbocycles. The second kappa shape index (κ2) is 8.04. The van der Waals surface area contributed by atoms with Crippen molar-refractivity contribution in [3.63, 3.8) is 0 Å². The number of halogens is 1. The minimum Gasteiger partial charge on any atom is -0.341 e. The van der Waals surface area contributed by atoms with E-state index in [-0.39, 0.29) is 5.91 Å². The van der Waals surface area contributed by atoms with E-state index in [4.69, 9.17) is 11.6 Å². The van der Waals surface area contributed by atoms with Crippen LogP contribution in [0.25, 0.3) is 10.8 Å². The van der Waals surface area contributed by atoms with Gasteiger partial charge in [0, 0.05) is 19.0 Å². The van der Waals surface area contributed by atoms with Gasteiger partial charge in [-0.3, -0.25) is 4.79 Å². The summed E-state index contributed by atoms with van der Waals surface area (Å²) in [5.74, 6) is 0.658. The van der Waals surface area contributed by atoms with Gasteiger partial charge in [0.1, 0.15) is 0 Å². The summed E-state index contributed by atoms with van der Waals surface area (Å²) in [6.07, 6.45) is 2.56. The lowest BCUT2D eigenvalue weighted by Crippen LogP contribution is -2.34. The largest absolute Gasteiger partial charge is 0.341 e. The molecule has 0 bridgehead atoms. The van der Waals surface area contributed by atoms with Crippen LogP contribution in [0.5, 0.6) is 0 Å². The number of fused-ring (bicyclic) bond motifs is 1. The summed E-state index contributed by atoms with van der Waals surface area (Å²) in [6, 6.07) is 14.3. The third kappa shape index (κ3) is 4.21. The predicted molar refractivity (Wildman–Crippen MR) is 89.9 cm³/mol. The molecule has 2 aromatic carbocycles. The highest BCUT2D eigenvalue weighted by Crippen LogP contribution is 2.19. The highest BCUT2D eigenvalue weighted by atomic mass is 35.5. The maximum absolute atomic E-state index is 12.5. The highest BCUT2D eigenvalue weighted by molar-refractivity contribution is 6.18. The van der Waals surface area contributed by atoms with Crippen molar-refractivity contribution in [3.05, 3.63) is 48.0 Å². The first-order valence-corrected chi connectivity index (χ1v) is 8.10. The van der Waals surface area contributed by atoms with Gasteiger partial charge in [-0.15, -0.1) is 11.6 Å². The van der Waals surface area contributed by atoms with Crippen LogP contribution in [-0.2, 0) is 11.2 Å². The zero-order valence-electron chi connectivity index (χ0n) is 12.5. The summed E-state index contributed by atoms with van der Waals surface area (Å²) >= 11 is 5.82. The first kappa shape index (κ1) is 15.8. The van der Waals surface area contributed by atoms with E-state index in [9.17, 15) is 4.79 Å². The molecule has 0 unspecified atom stereocenters. The molecule has 21 heavy (non-hydrogen) atoms. The fourth-order valence-electron chi connectivity index (χ4n) is 2.53. The van der Waals surface area contributed by atoms with Gasteiger partial charge < -0.3 is 4.90 Å². The summed E-state index contributed by atoms with van der Waals surface area (Å²) in [5.41, 5.74) is 1.09. The average Bonchev–Trinajstić information content (AvgIpc) is 2.51. The molecule has 0 heterocycles. The fraction of sp³-hybridized carbons (Fsp3) is 0.389. The summed E-state index contributed by atoms with van der Waals surface area (Å²) in [5, 5.41) is 2.34. The minimum atomic E-state index is 0.167. The number of alkyl halides is 1. The molecule has 0 aliphatic rings. The van der Waals surface area contributed by atoms with E-state index in [1.165, 1.54) is 5.39 Å². The maximum Gasteiger partial charge on any atom is 0.227 e. The van der Waals surface area contributed by atoms with Crippen LogP contribution in [0.4, 0.5) is 0 Å². The topological polar surface area (TPSA) is 20.3 Å². The Bertz CT molecular complexity index is 591. The van der Waals surface area contributed by atoms with Crippen LogP contribution in [-0.4, -0.2) is 29.8 Å². The van der Waals surface area contributed by atoms with Crippen LogP contribution in [0.1, 0.15) is 25.3 Å². The number of carbonyl (C=O) groups excluding carboxylic acids is 1. The van der Waals surface area contributed by atoms with E-state index in [1.54, 1.807) is 0 Å². The lowest BCUT2D eigenvalue weighted by molar-refractivity contribution is -0.130. The Morgan fingerprint density at radius 2 is 1.86 bits per heavy atom. The summed E-state index contributed by atoms with van der Waals surface area (Å²) < 4.78 is 0. The van der Waals surface area contributed by atoms with Crippen LogP contribution >= 0.6 is 11.6 Å². The number of carbonyl (C=O) groups is 1. The van der Waals surface area contributed by atoms with Crippen LogP contribution in [0.2, 0.25) is 0 Å². The number of benzene rings is 2. The summed E-state index contributed by atoms with van der Waals surface area (Å²) in [4.78, 5) is 14.4. The van der Waals surface area contributed by atoms with E-state index in [0.717, 1.165) is 30.3 Å². The van der Waals surface area contributed by atoms with Crippen LogP contribution < -0.4 is 0 Å². The van der Waals surface area contributed by atoms with Crippen LogP contribution in [0.15, 0.2) is 42.5 Å². The molecule has 0 N–H and O–H groups in total. The van der Waals surface area contributed by atoms with Crippen molar-refractivity contribution in [1.29, 1.82) is 0 Å². The van der Waals surface area contributed by atoms with Crippen molar-refractivity contribution in [2.75, 3.05) is 19.0 Å². The number of rotatable bonds is 7. The normalized spacial score (nSPS) is 10.8. The molecule has 3 heteroatoms. The summed E-state index contributed by atoms with van der Waals surface area (Å²) in [6.45, 7) is 3.56. The SMILES string of the molecule is CCCCN(CCCl)C(=O)Cc1cccc2ccccc12. The van der Waals surface area contributed by atoms with Gasteiger partial charge in [0.2, 0.25) is 5.91 Å². The van der Waals surface area contributed by atoms with Gasteiger partial charge in [-0.1, -0.05) is 55.8 Å². The second-order valence-corrected chi connectivity index (χ2v) is 5.62. The Morgan fingerprint density at radius 3 is 2.62 bits per heavy atom. The van der Waals surface area contributed by atoms with E-state index in [1.807, 2.05) is 29.2 Å². The van der Waals surface area contributed by atoms with Crippen molar-refractivity contribution in [2.24, 2.45) is 0 Å². The van der Waals surface area contributed by atoms with Gasteiger partial charge in [-0.25, -0.2) is 0 Å². The zero-order chi connectivity index (χ0) is 15.1. The highest BCUT2D eigenvalue weighted by Gasteiger charge is 2.14. The Labute approximate surface area is 131 Å². The Kier molecular flexibility index (Phi) is 6.06. The molecule has 112 valence electrons. The lowest BCUT2D eigenvalue weighted by Gasteiger charge is -2.22. The van der Waals surface area contributed by atoms with Crippen LogP contribution in [0, 0.1) is 0 Å². The smallest absolute Gasteiger partial charge is 0.227 e. The van der Waals surface area contributed by atoms with Gasteiger partial charge >= 0.3 is 0 Å². The number of amides is 1. The quantitative estimate of drug-likeness (QED) is 0.700. The van der Waals surface area contributed by atoms with Crippen molar-refractivity contribution in [1.82, 2.24) is 4.90 Å². The number of hydrogen-bond acceptors (Lipinski definition) is 1. The minimum absolute atomic E-state index is 0.167. The molecule has 0 aliphatic heterocycles. The van der Waals surface area contributed by atoms with Crippen molar-refractivity contribution in [3.8, 4) is 0 Å². The van der Waals surface area contributed by atoms with Gasteiger partial charge in [0.05, 0.1) is 6.42 Å². The van der Waals surface area contributed by atoms with E-state index >= 15 is 0 Å². The molecule has 1 amide bonds. The van der Waals surface area contributed by atoms with Crippen molar-refractivity contribution in [2.45, 2.75) is 26.2 Å².